The summed E-state index contributed by atoms with van der Waals surface area (Å²) in [4.78, 5) is 13.7. The molecule has 94 valence electrons. The Bertz CT molecular complexity index is 502. The van der Waals surface area contributed by atoms with Crippen LogP contribution < -0.4 is 0 Å². The second kappa shape index (κ2) is 5.22. The van der Waals surface area contributed by atoms with Crippen LogP contribution in [-0.2, 0) is 11.3 Å². The molecule has 1 aromatic carbocycles. The van der Waals surface area contributed by atoms with Gasteiger partial charge in [0.2, 0.25) is 5.91 Å². The number of nitriles is 1. The minimum absolute atomic E-state index is 0.00665. The first-order chi connectivity index (χ1) is 8.60. The zero-order valence-electron chi connectivity index (χ0n) is 10.9. The van der Waals surface area contributed by atoms with Gasteiger partial charge in [-0.25, -0.2) is 0 Å². The Morgan fingerprint density at radius 3 is 2.94 bits per heavy atom. The number of carbonyl (C=O) groups excluding carboxylic acids is 1. The Morgan fingerprint density at radius 1 is 1.44 bits per heavy atom. The van der Waals surface area contributed by atoms with Gasteiger partial charge in [0, 0.05) is 19.5 Å². The molecule has 0 aromatic heterocycles. The molecule has 18 heavy (non-hydrogen) atoms. The van der Waals surface area contributed by atoms with Gasteiger partial charge in [-0.15, -0.1) is 0 Å². The Kier molecular flexibility index (Phi) is 3.66. The van der Waals surface area contributed by atoms with Crippen LogP contribution in [0.15, 0.2) is 18.2 Å². The standard InChI is InChI=1S/C15H18N2O/c1-11-3-4-12(2)14(7-11)10-17-9-13(8-16)5-6-15(17)18/h3-4,7,13H,5-6,9-10H2,1-2H3. The van der Waals surface area contributed by atoms with Crippen molar-refractivity contribution in [2.45, 2.75) is 33.2 Å². The molecule has 0 saturated carbocycles. The van der Waals surface area contributed by atoms with Crippen molar-refractivity contribution in [2.24, 2.45) is 5.92 Å². The molecule has 1 amide bonds. The molecule has 0 aliphatic carbocycles. The maximum atomic E-state index is 11.9. The SMILES string of the molecule is Cc1ccc(C)c(CN2CC(C#N)CCC2=O)c1. The highest BCUT2D eigenvalue weighted by Gasteiger charge is 2.25. The summed E-state index contributed by atoms with van der Waals surface area (Å²) in [5, 5.41) is 8.97. The molecule has 1 aliphatic heterocycles. The number of likely N-dealkylation sites (tertiary alicyclic amines) is 1. The van der Waals surface area contributed by atoms with Gasteiger partial charge in [-0.2, -0.15) is 5.26 Å². The highest BCUT2D eigenvalue weighted by molar-refractivity contribution is 5.77. The zero-order chi connectivity index (χ0) is 13.1. The minimum Gasteiger partial charge on any atom is -0.337 e. The van der Waals surface area contributed by atoms with Gasteiger partial charge >= 0.3 is 0 Å². The summed E-state index contributed by atoms with van der Waals surface area (Å²) in [7, 11) is 0. The lowest BCUT2D eigenvalue weighted by Gasteiger charge is -2.30. The molecule has 1 fully saturated rings. The molecule has 1 atom stereocenters. The van der Waals surface area contributed by atoms with E-state index >= 15 is 0 Å². The van der Waals surface area contributed by atoms with Crippen LogP contribution in [0.5, 0.6) is 0 Å². The van der Waals surface area contributed by atoms with Gasteiger partial charge in [0.1, 0.15) is 0 Å². The molecule has 3 nitrogen and oxygen atoms in total. The topological polar surface area (TPSA) is 44.1 Å². The summed E-state index contributed by atoms with van der Waals surface area (Å²) in [6.07, 6.45) is 1.21. The van der Waals surface area contributed by atoms with E-state index in [9.17, 15) is 4.79 Å². The molecule has 0 N–H and O–H groups in total. The average molecular weight is 242 g/mol. The highest BCUT2D eigenvalue weighted by atomic mass is 16.2. The van der Waals surface area contributed by atoms with E-state index in [1.54, 1.807) is 0 Å². The molecule has 0 spiro atoms. The van der Waals surface area contributed by atoms with E-state index < -0.39 is 0 Å². The number of hydrogen-bond donors (Lipinski definition) is 0. The lowest BCUT2D eigenvalue weighted by atomic mass is 9.97. The largest absolute Gasteiger partial charge is 0.337 e. The second-order valence-electron chi connectivity index (χ2n) is 5.07. The third-order valence-corrected chi connectivity index (χ3v) is 3.55. The van der Waals surface area contributed by atoms with Crippen LogP contribution in [0.4, 0.5) is 0 Å². The van der Waals surface area contributed by atoms with Crippen molar-refractivity contribution in [3.8, 4) is 6.07 Å². The zero-order valence-corrected chi connectivity index (χ0v) is 10.9. The van der Waals surface area contributed by atoms with Gasteiger partial charge in [-0.1, -0.05) is 23.8 Å². The Morgan fingerprint density at radius 2 is 2.22 bits per heavy atom. The van der Waals surface area contributed by atoms with Crippen LogP contribution in [0.1, 0.15) is 29.5 Å². The Balaban J connectivity index is 2.14. The summed E-state index contributed by atoms with van der Waals surface area (Å²) in [6, 6.07) is 8.56. The maximum absolute atomic E-state index is 11.9. The van der Waals surface area contributed by atoms with Gasteiger partial charge in [0.15, 0.2) is 0 Å². The number of hydrogen-bond acceptors (Lipinski definition) is 2. The summed E-state index contributed by atoms with van der Waals surface area (Å²) in [5.74, 6) is 0.162. The number of aryl methyl sites for hydroxylation is 2. The predicted molar refractivity (Wildman–Crippen MR) is 69.7 cm³/mol. The second-order valence-corrected chi connectivity index (χ2v) is 5.07. The van der Waals surface area contributed by atoms with Crippen molar-refractivity contribution < 1.29 is 4.79 Å². The molecule has 0 radical (unpaired) electrons. The van der Waals surface area contributed by atoms with Gasteiger partial charge in [-0.05, 0) is 31.4 Å². The summed E-state index contributed by atoms with van der Waals surface area (Å²) in [5.41, 5.74) is 3.59. The molecule has 1 aliphatic rings. The van der Waals surface area contributed by atoms with Gasteiger partial charge < -0.3 is 4.90 Å². The van der Waals surface area contributed by atoms with E-state index in [1.807, 2.05) is 4.90 Å². The lowest BCUT2D eigenvalue weighted by Crippen LogP contribution is -2.39. The molecule has 1 aromatic rings. The van der Waals surface area contributed by atoms with Crippen LogP contribution in [0.3, 0.4) is 0 Å². The van der Waals surface area contributed by atoms with Crippen molar-refractivity contribution in [3.63, 3.8) is 0 Å². The minimum atomic E-state index is -0.00665. The quantitative estimate of drug-likeness (QED) is 0.800. The van der Waals surface area contributed by atoms with Gasteiger partial charge in [0.05, 0.1) is 12.0 Å². The first-order valence-corrected chi connectivity index (χ1v) is 6.33. The fraction of sp³-hybridized carbons (Fsp3) is 0.467. The number of amides is 1. The first kappa shape index (κ1) is 12.6. The van der Waals surface area contributed by atoms with Crippen LogP contribution in [0.25, 0.3) is 0 Å². The van der Waals surface area contributed by atoms with Gasteiger partial charge in [0.25, 0.3) is 0 Å². The molecule has 1 unspecified atom stereocenters. The van der Waals surface area contributed by atoms with E-state index in [2.05, 4.69) is 38.1 Å². The Labute approximate surface area is 108 Å². The molecular weight excluding hydrogens is 224 g/mol. The van der Waals surface area contributed by atoms with E-state index in [4.69, 9.17) is 5.26 Å². The number of rotatable bonds is 2. The first-order valence-electron chi connectivity index (χ1n) is 6.33. The summed E-state index contributed by atoms with van der Waals surface area (Å²) >= 11 is 0. The van der Waals surface area contributed by atoms with Crippen molar-refractivity contribution >= 4 is 5.91 Å². The third kappa shape index (κ3) is 2.70. The maximum Gasteiger partial charge on any atom is 0.222 e. The van der Waals surface area contributed by atoms with Crippen LogP contribution in [0.2, 0.25) is 0 Å². The molecule has 1 heterocycles. The molecule has 1 saturated heterocycles. The molecule has 2 rings (SSSR count). The number of carbonyl (C=O) groups is 1. The Hall–Kier alpha value is -1.82. The summed E-state index contributed by atoms with van der Waals surface area (Å²) in [6.45, 7) is 5.32. The van der Waals surface area contributed by atoms with Crippen molar-refractivity contribution in [1.29, 1.82) is 5.26 Å². The highest BCUT2D eigenvalue weighted by Crippen LogP contribution is 2.21. The fourth-order valence-corrected chi connectivity index (χ4v) is 2.35. The van der Waals surface area contributed by atoms with Gasteiger partial charge in [-0.3, -0.25) is 4.79 Å². The van der Waals surface area contributed by atoms with Crippen LogP contribution in [0, 0.1) is 31.1 Å². The van der Waals surface area contributed by atoms with E-state index in [0.717, 1.165) is 0 Å². The molecule has 0 bridgehead atoms. The van der Waals surface area contributed by atoms with E-state index in [0.29, 0.717) is 25.9 Å². The van der Waals surface area contributed by atoms with Crippen molar-refractivity contribution in [2.75, 3.05) is 6.54 Å². The number of nitrogens with zero attached hydrogens (tertiary/aromatic N) is 2. The van der Waals surface area contributed by atoms with E-state index in [1.165, 1.54) is 16.7 Å². The number of piperidine rings is 1. The predicted octanol–water partition coefficient (Wildman–Crippen LogP) is 2.57. The average Bonchev–Trinajstić information content (AvgIpc) is 2.36. The molecular formula is C15H18N2O. The lowest BCUT2D eigenvalue weighted by molar-refractivity contribution is -0.134. The van der Waals surface area contributed by atoms with Crippen LogP contribution in [-0.4, -0.2) is 17.4 Å². The fourth-order valence-electron chi connectivity index (χ4n) is 2.35. The summed E-state index contributed by atoms with van der Waals surface area (Å²) < 4.78 is 0. The monoisotopic (exact) mass is 242 g/mol. The third-order valence-electron chi connectivity index (χ3n) is 3.55. The smallest absolute Gasteiger partial charge is 0.222 e. The number of benzene rings is 1. The van der Waals surface area contributed by atoms with Crippen molar-refractivity contribution in [3.05, 3.63) is 34.9 Å². The van der Waals surface area contributed by atoms with E-state index in [-0.39, 0.29) is 11.8 Å². The van der Waals surface area contributed by atoms with Crippen molar-refractivity contribution in [1.82, 2.24) is 4.90 Å². The van der Waals surface area contributed by atoms with Crippen LogP contribution >= 0.6 is 0 Å². The molecule has 3 heteroatoms. The normalized spacial score (nSPS) is 19.7.